The van der Waals surface area contributed by atoms with Crippen LogP contribution in [0.4, 0.5) is 5.13 Å². The van der Waals surface area contributed by atoms with Gasteiger partial charge in [-0.05, 0) is 42.3 Å². The number of aromatic nitrogens is 1. The number of fused-ring (bicyclic) bond motifs is 1. The number of Topliss-reactive ketones (excluding diaryl/α,β-unsaturated/α-hetero) is 1. The molecule has 0 fully saturated rings. The third-order valence-corrected chi connectivity index (χ3v) is 7.00. The third kappa shape index (κ3) is 3.64. The van der Waals surface area contributed by atoms with Crippen molar-refractivity contribution < 1.29 is 28.6 Å². The molecule has 5 rings (SSSR count). The number of amides is 1. The maximum absolute atomic E-state index is 13.5. The molecule has 4 aromatic rings. The molecule has 1 N–H and O–H groups in total. The minimum Gasteiger partial charge on any atom is -0.503 e. The van der Waals surface area contributed by atoms with Crippen molar-refractivity contribution in [1.82, 2.24) is 4.98 Å². The fraction of sp³-hybridized carbons (Fsp3) is 0.192. The fourth-order valence-electron chi connectivity index (χ4n) is 4.28. The molecule has 0 radical (unpaired) electrons. The first-order valence-corrected chi connectivity index (χ1v) is 11.7. The molecular weight excluding hydrogens is 468 g/mol. The number of thiazole rings is 1. The first kappa shape index (κ1) is 22.7. The van der Waals surface area contributed by atoms with E-state index >= 15 is 0 Å². The second-order valence-corrected chi connectivity index (χ2v) is 8.89. The molecule has 3 heterocycles. The van der Waals surface area contributed by atoms with Crippen LogP contribution in [0.1, 0.15) is 34.6 Å². The Balaban J connectivity index is 1.73. The van der Waals surface area contributed by atoms with E-state index in [9.17, 15) is 14.7 Å². The molecule has 1 amide bonds. The van der Waals surface area contributed by atoms with E-state index in [1.807, 2.05) is 18.2 Å². The van der Waals surface area contributed by atoms with Crippen LogP contribution in [-0.2, 0) is 11.2 Å². The van der Waals surface area contributed by atoms with E-state index in [2.05, 4.69) is 11.9 Å². The normalized spacial score (nSPS) is 15.8. The number of ketones is 1. The Bertz CT molecular complexity index is 1470. The quantitative estimate of drug-likeness (QED) is 0.353. The minimum atomic E-state index is -1.02. The van der Waals surface area contributed by atoms with Gasteiger partial charge in [0, 0.05) is 5.56 Å². The van der Waals surface area contributed by atoms with Gasteiger partial charge in [-0.3, -0.25) is 14.5 Å². The number of hydrogen-bond acceptors (Lipinski definition) is 8. The van der Waals surface area contributed by atoms with E-state index in [0.29, 0.717) is 22.2 Å². The Hall–Kier alpha value is -4.11. The Morgan fingerprint density at radius 2 is 2.00 bits per heavy atom. The maximum atomic E-state index is 13.5. The van der Waals surface area contributed by atoms with Crippen LogP contribution in [0.25, 0.3) is 10.2 Å². The van der Waals surface area contributed by atoms with Gasteiger partial charge in [0.05, 0.1) is 36.3 Å². The largest absolute Gasteiger partial charge is 0.503 e. The number of carbonyl (C=O) groups is 2. The molecule has 1 aliphatic heterocycles. The number of anilines is 1. The van der Waals surface area contributed by atoms with Crippen molar-refractivity contribution in [2.45, 2.75) is 19.4 Å². The highest BCUT2D eigenvalue weighted by molar-refractivity contribution is 7.22. The lowest BCUT2D eigenvalue weighted by atomic mass is 9.94. The van der Waals surface area contributed by atoms with Gasteiger partial charge in [-0.25, -0.2) is 4.98 Å². The fourth-order valence-corrected chi connectivity index (χ4v) is 5.33. The number of aryl methyl sites for hydroxylation is 1. The Morgan fingerprint density at radius 3 is 2.69 bits per heavy atom. The molecule has 35 heavy (non-hydrogen) atoms. The number of benzene rings is 2. The van der Waals surface area contributed by atoms with Crippen molar-refractivity contribution in [3.8, 4) is 11.5 Å². The smallest absolute Gasteiger partial charge is 0.296 e. The topological polar surface area (TPSA) is 102 Å². The number of para-hydroxylation sites is 1. The van der Waals surface area contributed by atoms with Crippen molar-refractivity contribution in [1.29, 1.82) is 0 Å². The highest BCUT2D eigenvalue weighted by Gasteiger charge is 2.47. The predicted octanol–water partition coefficient (Wildman–Crippen LogP) is 5.25. The molecule has 2 aromatic heterocycles. The standard InChI is InChI=1S/C26H22N2O6S/c1-4-14-10-11-16-19(13-14)35-26(27-16)28-21(15-7-5-8-18(32-2)24(15)33-3)20(23(30)25(28)31)22(29)17-9-6-12-34-17/h5-13,21,30H,4H2,1-3H3. The number of ether oxygens (including phenoxy) is 2. The average Bonchev–Trinajstić information content (AvgIpc) is 3.61. The summed E-state index contributed by atoms with van der Waals surface area (Å²) in [6.45, 7) is 2.06. The van der Waals surface area contributed by atoms with Crippen molar-refractivity contribution in [2.24, 2.45) is 0 Å². The third-order valence-electron chi connectivity index (χ3n) is 5.98. The molecule has 0 saturated carbocycles. The number of furan rings is 1. The van der Waals surface area contributed by atoms with Crippen LogP contribution in [0.3, 0.4) is 0 Å². The summed E-state index contributed by atoms with van der Waals surface area (Å²) in [4.78, 5) is 32.9. The lowest BCUT2D eigenvalue weighted by Crippen LogP contribution is -2.31. The highest BCUT2D eigenvalue weighted by Crippen LogP contribution is 2.48. The minimum absolute atomic E-state index is 0.00458. The van der Waals surface area contributed by atoms with Crippen LogP contribution in [0.15, 0.2) is 70.5 Å². The van der Waals surface area contributed by atoms with Gasteiger partial charge < -0.3 is 19.0 Å². The number of rotatable bonds is 7. The zero-order chi connectivity index (χ0) is 24.7. The molecule has 2 aromatic carbocycles. The Morgan fingerprint density at radius 1 is 1.17 bits per heavy atom. The summed E-state index contributed by atoms with van der Waals surface area (Å²) in [7, 11) is 2.98. The molecule has 1 atom stereocenters. The van der Waals surface area contributed by atoms with E-state index in [4.69, 9.17) is 13.9 Å². The van der Waals surface area contributed by atoms with Crippen LogP contribution in [0, 0.1) is 0 Å². The van der Waals surface area contributed by atoms with Crippen molar-refractivity contribution >= 4 is 38.4 Å². The zero-order valence-electron chi connectivity index (χ0n) is 19.3. The number of methoxy groups -OCH3 is 2. The zero-order valence-corrected chi connectivity index (χ0v) is 20.1. The van der Waals surface area contributed by atoms with Gasteiger partial charge in [-0.1, -0.05) is 36.5 Å². The lowest BCUT2D eigenvalue weighted by molar-refractivity contribution is -0.117. The Kier molecular flexibility index (Phi) is 5.78. The number of nitrogens with zero attached hydrogens (tertiary/aromatic N) is 2. The van der Waals surface area contributed by atoms with Crippen LogP contribution < -0.4 is 14.4 Å². The van der Waals surface area contributed by atoms with Crippen LogP contribution >= 0.6 is 11.3 Å². The van der Waals surface area contributed by atoms with Gasteiger partial charge >= 0.3 is 0 Å². The van der Waals surface area contributed by atoms with Crippen LogP contribution in [0.2, 0.25) is 0 Å². The van der Waals surface area contributed by atoms with E-state index in [0.717, 1.165) is 22.2 Å². The monoisotopic (exact) mass is 490 g/mol. The summed E-state index contributed by atoms with van der Waals surface area (Å²) in [6.07, 6.45) is 2.22. The average molecular weight is 491 g/mol. The maximum Gasteiger partial charge on any atom is 0.296 e. The number of hydrogen-bond donors (Lipinski definition) is 1. The summed E-state index contributed by atoms with van der Waals surface area (Å²) in [5.41, 5.74) is 2.20. The van der Waals surface area contributed by atoms with Crippen molar-refractivity contribution in [3.63, 3.8) is 0 Å². The molecule has 0 saturated heterocycles. The molecule has 178 valence electrons. The van der Waals surface area contributed by atoms with Crippen molar-refractivity contribution in [3.05, 3.63) is 83.0 Å². The molecule has 0 aliphatic carbocycles. The SMILES string of the molecule is CCc1ccc2nc(N3C(=O)C(O)=C(C(=O)c4ccco4)C3c3cccc(OC)c3OC)sc2c1. The van der Waals surface area contributed by atoms with Gasteiger partial charge in [-0.15, -0.1) is 0 Å². The first-order valence-electron chi connectivity index (χ1n) is 10.9. The molecule has 8 nitrogen and oxygen atoms in total. The number of aliphatic hydroxyl groups is 1. The second-order valence-electron chi connectivity index (χ2n) is 7.88. The van der Waals surface area contributed by atoms with Gasteiger partial charge in [0.2, 0.25) is 5.78 Å². The van der Waals surface area contributed by atoms with Gasteiger partial charge in [-0.2, -0.15) is 0 Å². The highest BCUT2D eigenvalue weighted by atomic mass is 32.1. The van der Waals surface area contributed by atoms with E-state index in [1.165, 1.54) is 42.8 Å². The summed E-state index contributed by atoms with van der Waals surface area (Å²) in [6, 6.07) is 13.1. The molecule has 0 bridgehead atoms. The molecule has 1 unspecified atom stereocenters. The van der Waals surface area contributed by atoms with Gasteiger partial charge in [0.25, 0.3) is 5.91 Å². The van der Waals surface area contributed by atoms with Gasteiger partial charge in [0.1, 0.15) is 6.04 Å². The van der Waals surface area contributed by atoms with E-state index in [-0.39, 0.29) is 11.3 Å². The number of aliphatic hydroxyl groups excluding tert-OH is 1. The Labute approximate surface area is 205 Å². The molecule has 1 aliphatic rings. The predicted molar refractivity (Wildman–Crippen MR) is 131 cm³/mol. The summed E-state index contributed by atoms with van der Waals surface area (Å²) < 4.78 is 17.3. The first-order chi connectivity index (χ1) is 17.0. The lowest BCUT2D eigenvalue weighted by Gasteiger charge is -2.26. The van der Waals surface area contributed by atoms with Crippen LogP contribution in [0.5, 0.6) is 11.5 Å². The van der Waals surface area contributed by atoms with E-state index in [1.54, 1.807) is 24.3 Å². The summed E-state index contributed by atoms with van der Waals surface area (Å²) in [5, 5.41) is 11.3. The molecular formula is C26H22N2O6S. The van der Waals surface area contributed by atoms with Crippen molar-refractivity contribution in [2.75, 3.05) is 19.1 Å². The summed E-state index contributed by atoms with van der Waals surface area (Å²) >= 11 is 1.31. The van der Waals surface area contributed by atoms with Crippen LogP contribution in [-0.4, -0.2) is 36.0 Å². The van der Waals surface area contributed by atoms with E-state index < -0.39 is 23.5 Å². The number of carbonyl (C=O) groups excluding carboxylic acids is 2. The molecule has 9 heteroatoms. The van der Waals surface area contributed by atoms with Gasteiger partial charge in [0.15, 0.2) is 28.1 Å². The summed E-state index contributed by atoms with van der Waals surface area (Å²) in [5.74, 6) is -1.23. The second kappa shape index (κ2) is 8.92. The molecule has 0 spiro atoms.